The third-order valence-corrected chi connectivity index (χ3v) is 3.00. The van der Waals surface area contributed by atoms with E-state index in [-0.39, 0.29) is 11.7 Å². The van der Waals surface area contributed by atoms with Gasteiger partial charge in [-0.1, -0.05) is 0 Å². The summed E-state index contributed by atoms with van der Waals surface area (Å²) in [5.41, 5.74) is 1.51. The average Bonchev–Trinajstić information content (AvgIpc) is 2.86. The van der Waals surface area contributed by atoms with Gasteiger partial charge in [-0.15, -0.1) is 0 Å². The van der Waals surface area contributed by atoms with Gasteiger partial charge in [-0.05, 0) is 30.3 Å². The molecule has 0 bridgehead atoms. The second-order valence-corrected chi connectivity index (χ2v) is 4.20. The highest BCUT2D eigenvalue weighted by Gasteiger charge is 2.21. The van der Waals surface area contributed by atoms with E-state index in [0.717, 1.165) is 0 Å². The first kappa shape index (κ1) is 12.3. The normalized spacial score (nSPS) is 10.7. The summed E-state index contributed by atoms with van der Waals surface area (Å²) in [6, 6.07) is 7.37. The first-order valence-electron chi connectivity index (χ1n) is 5.97. The summed E-state index contributed by atoms with van der Waals surface area (Å²) < 4.78 is 18.7. The maximum atomic E-state index is 13.0. The molecule has 0 saturated carbocycles. The quantitative estimate of drug-likeness (QED) is 0.778. The number of furan rings is 1. The number of halogens is 1. The van der Waals surface area contributed by atoms with E-state index in [0.29, 0.717) is 27.9 Å². The molecule has 4 nitrogen and oxygen atoms in total. The summed E-state index contributed by atoms with van der Waals surface area (Å²) in [5, 5.41) is 3.20. The van der Waals surface area contributed by atoms with E-state index in [1.54, 1.807) is 25.2 Å². The molecule has 20 heavy (non-hydrogen) atoms. The van der Waals surface area contributed by atoms with Crippen molar-refractivity contribution in [2.75, 3.05) is 7.05 Å². The zero-order valence-corrected chi connectivity index (χ0v) is 10.6. The van der Waals surface area contributed by atoms with Gasteiger partial charge in [0.1, 0.15) is 11.6 Å². The fourth-order valence-corrected chi connectivity index (χ4v) is 2.05. The molecule has 0 aliphatic rings. The Morgan fingerprint density at radius 3 is 2.80 bits per heavy atom. The Labute approximate surface area is 114 Å². The van der Waals surface area contributed by atoms with Crippen LogP contribution in [0, 0.1) is 12.0 Å². The van der Waals surface area contributed by atoms with Crippen molar-refractivity contribution < 1.29 is 13.6 Å². The van der Waals surface area contributed by atoms with Gasteiger partial charge in [-0.2, -0.15) is 0 Å². The number of nitrogens with zero attached hydrogens (tertiary/aromatic N) is 1. The van der Waals surface area contributed by atoms with Gasteiger partial charge < -0.3 is 9.73 Å². The average molecular weight is 269 g/mol. The molecular weight excluding hydrogens is 259 g/mol. The Morgan fingerprint density at radius 1 is 1.35 bits per heavy atom. The number of nitrogens with one attached hydrogen (secondary N) is 1. The lowest BCUT2D eigenvalue weighted by Crippen LogP contribution is -2.18. The zero-order chi connectivity index (χ0) is 14.1. The van der Waals surface area contributed by atoms with Crippen LogP contribution in [-0.4, -0.2) is 17.9 Å². The second-order valence-electron chi connectivity index (χ2n) is 4.20. The van der Waals surface area contributed by atoms with Crippen molar-refractivity contribution in [2.24, 2.45) is 0 Å². The summed E-state index contributed by atoms with van der Waals surface area (Å²) in [5.74, 6) is -0.232. The van der Waals surface area contributed by atoms with Gasteiger partial charge in [-0.25, -0.2) is 4.39 Å². The Morgan fingerprint density at radius 2 is 2.10 bits per heavy atom. The van der Waals surface area contributed by atoms with E-state index in [1.165, 1.54) is 18.3 Å². The molecule has 0 fully saturated rings. The number of hydrogen-bond donors (Lipinski definition) is 1. The van der Waals surface area contributed by atoms with Crippen LogP contribution in [0.3, 0.4) is 0 Å². The Bertz CT molecular complexity index is 778. The molecule has 1 amide bonds. The molecule has 0 aliphatic carbocycles. The minimum absolute atomic E-state index is 0.275. The van der Waals surface area contributed by atoms with Crippen LogP contribution in [0.2, 0.25) is 0 Å². The van der Waals surface area contributed by atoms with E-state index in [1.807, 2.05) is 0 Å². The highest BCUT2D eigenvalue weighted by Crippen LogP contribution is 2.33. The van der Waals surface area contributed by atoms with Gasteiger partial charge in [0.05, 0.1) is 18.0 Å². The van der Waals surface area contributed by atoms with E-state index >= 15 is 0 Å². The summed E-state index contributed by atoms with van der Waals surface area (Å²) in [6.45, 7) is 0. The fraction of sp³-hybridized carbons (Fsp3) is 0.0667. The van der Waals surface area contributed by atoms with Crippen molar-refractivity contribution in [1.29, 1.82) is 0 Å². The highest BCUT2D eigenvalue weighted by atomic mass is 19.1. The van der Waals surface area contributed by atoms with Gasteiger partial charge in [0.25, 0.3) is 5.91 Å². The third-order valence-electron chi connectivity index (χ3n) is 3.00. The number of aromatic nitrogens is 1. The van der Waals surface area contributed by atoms with Gasteiger partial charge in [0.15, 0.2) is 5.58 Å². The Kier molecular flexibility index (Phi) is 2.95. The summed E-state index contributed by atoms with van der Waals surface area (Å²) in [7, 11) is 1.54. The topological polar surface area (TPSA) is 55.1 Å². The van der Waals surface area contributed by atoms with Crippen LogP contribution in [0.5, 0.6) is 0 Å². The summed E-state index contributed by atoms with van der Waals surface area (Å²) in [4.78, 5) is 15.9. The van der Waals surface area contributed by atoms with Crippen LogP contribution < -0.4 is 5.32 Å². The molecule has 0 saturated heterocycles. The van der Waals surface area contributed by atoms with Crippen LogP contribution in [0.15, 0.2) is 40.9 Å². The zero-order valence-electron chi connectivity index (χ0n) is 10.6. The van der Waals surface area contributed by atoms with Crippen LogP contribution in [0.1, 0.15) is 10.4 Å². The lowest BCUT2D eigenvalue weighted by molar-refractivity contribution is 0.0964. The molecule has 1 N–H and O–H groups in total. The summed E-state index contributed by atoms with van der Waals surface area (Å²) >= 11 is 0. The number of benzene rings is 1. The number of hydrogen-bond acceptors (Lipinski definition) is 3. The SMILES string of the molecule is CNC(=O)c1c(-c2ccc(F)cc2)oc2cn[c]cc12. The molecule has 0 aliphatic heterocycles. The smallest absolute Gasteiger partial charge is 0.255 e. The van der Waals surface area contributed by atoms with Crippen LogP contribution in [-0.2, 0) is 0 Å². The summed E-state index contributed by atoms with van der Waals surface area (Å²) in [6.07, 6.45) is 4.17. The number of carbonyl (C=O) groups excluding carboxylic acids is 1. The van der Waals surface area contributed by atoms with Crippen molar-refractivity contribution in [3.63, 3.8) is 0 Å². The molecule has 2 heterocycles. The van der Waals surface area contributed by atoms with Crippen LogP contribution >= 0.6 is 0 Å². The number of fused-ring (bicyclic) bond motifs is 1. The molecule has 1 radical (unpaired) electrons. The lowest BCUT2D eigenvalue weighted by atomic mass is 10.1. The van der Waals surface area contributed by atoms with E-state index in [4.69, 9.17) is 4.42 Å². The van der Waals surface area contributed by atoms with Crippen molar-refractivity contribution >= 4 is 16.9 Å². The molecule has 3 aromatic rings. The monoisotopic (exact) mass is 269 g/mol. The molecule has 3 rings (SSSR count). The first-order chi connectivity index (χ1) is 9.70. The van der Waals surface area contributed by atoms with Gasteiger partial charge >= 0.3 is 0 Å². The Hall–Kier alpha value is -2.69. The number of pyridine rings is 1. The standard InChI is InChI=1S/C15H10FN2O2/c1-17-15(19)13-11-6-7-18-8-12(11)20-14(13)9-2-4-10(16)5-3-9/h2-6,8H,1H3,(H,17,19). The molecule has 0 unspecified atom stereocenters. The predicted molar refractivity (Wildman–Crippen MR) is 71.6 cm³/mol. The minimum atomic E-state index is -0.346. The largest absolute Gasteiger partial charge is 0.454 e. The first-order valence-corrected chi connectivity index (χ1v) is 5.97. The van der Waals surface area contributed by atoms with Crippen molar-refractivity contribution in [3.05, 3.63) is 54.1 Å². The van der Waals surface area contributed by atoms with Crippen molar-refractivity contribution in [2.45, 2.75) is 0 Å². The predicted octanol–water partition coefficient (Wildman–Crippen LogP) is 2.79. The second kappa shape index (κ2) is 4.77. The van der Waals surface area contributed by atoms with Crippen LogP contribution in [0.25, 0.3) is 22.3 Å². The van der Waals surface area contributed by atoms with E-state index < -0.39 is 0 Å². The van der Waals surface area contributed by atoms with E-state index in [9.17, 15) is 9.18 Å². The van der Waals surface area contributed by atoms with Crippen molar-refractivity contribution in [1.82, 2.24) is 10.3 Å². The number of amides is 1. The fourth-order valence-electron chi connectivity index (χ4n) is 2.05. The van der Waals surface area contributed by atoms with Crippen molar-refractivity contribution in [3.8, 4) is 11.3 Å². The molecule has 0 spiro atoms. The van der Waals surface area contributed by atoms with Gasteiger partial charge in [0.2, 0.25) is 0 Å². The molecule has 2 aromatic heterocycles. The van der Waals surface area contributed by atoms with E-state index in [2.05, 4.69) is 16.5 Å². The molecule has 1 aromatic carbocycles. The maximum absolute atomic E-state index is 13.0. The minimum Gasteiger partial charge on any atom is -0.454 e. The third kappa shape index (κ3) is 1.93. The Balaban J connectivity index is 2.29. The number of carbonyl (C=O) groups is 1. The van der Waals surface area contributed by atoms with Crippen LogP contribution in [0.4, 0.5) is 4.39 Å². The maximum Gasteiger partial charge on any atom is 0.255 e. The van der Waals surface area contributed by atoms with Gasteiger partial charge in [0, 0.05) is 18.0 Å². The molecule has 0 atom stereocenters. The lowest BCUT2D eigenvalue weighted by Gasteiger charge is -2.02. The molecular formula is C15H10FN2O2. The highest BCUT2D eigenvalue weighted by molar-refractivity contribution is 6.10. The van der Waals surface area contributed by atoms with Gasteiger partial charge in [-0.3, -0.25) is 9.78 Å². The number of rotatable bonds is 2. The molecule has 5 heteroatoms. The molecule has 99 valence electrons.